The quantitative estimate of drug-likeness (QED) is 0.679. The lowest BCUT2D eigenvalue weighted by Crippen LogP contribution is -2.53. The smallest absolute Gasteiger partial charge is 0.412 e. The highest BCUT2D eigenvalue weighted by molar-refractivity contribution is 6.03. The molecule has 2 atom stereocenters. The molecular formula is C23H23N5O4. The van der Waals surface area contributed by atoms with Gasteiger partial charge in [0.15, 0.2) is 0 Å². The van der Waals surface area contributed by atoms with Crippen molar-refractivity contribution >= 4 is 23.4 Å². The van der Waals surface area contributed by atoms with Crippen molar-refractivity contribution in [3.05, 3.63) is 60.7 Å². The van der Waals surface area contributed by atoms with Crippen LogP contribution < -0.4 is 9.80 Å². The van der Waals surface area contributed by atoms with Gasteiger partial charge in [-0.15, -0.1) is 0 Å². The molecule has 164 valence electrons. The molecule has 9 heteroatoms. The fourth-order valence-corrected chi connectivity index (χ4v) is 4.55. The molecule has 2 aromatic heterocycles. The minimum Gasteiger partial charge on any atom is -0.465 e. The second kappa shape index (κ2) is 7.76. The Morgan fingerprint density at radius 1 is 1.09 bits per heavy atom. The number of nitrogens with zero attached hydrogens (tertiary/aromatic N) is 5. The van der Waals surface area contributed by atoms with E-state index in [0.717, 1.165) is 16.7 Å². The van der Waals surface area contributed by atoms with Gasteiger partial charge in [0.1, 0.15) is 0 Å². The van der Waals surface area contributed by atoms with Gasteiger partial charge >= 0.3 is 6.09 Å². The predicted octanol–water partition coefficient (Wildman–Crippen LogP) is 3.50. The van der Waals surface area contributed by atoms with E-state index in [0.29, 0.717) is 24.6 Å². The zero-order valence-corrected chi connectivity index (χ0v) is 17.8. The Bertz CT molecular complexity index is 1170. The first-order valence-electron chi connectivity index (χ1n) is 10.4. The molecule has 2 aliphatic rings. The van der Waals surface area contributed by atoms with E-state index in [1.807, 2.05) is 42.1 Å². The Labute approximate surface area is 184 Å². The molecule has 2 amide bonds. The minimum absolute atomic E-state index is 0.150. The maximum atomic E-state index is 12.6. The summed E-state index contributed by atoms with van der Waals surface area (Å²) in [5, 5.41) is 14.6. The Morgan fingerprint density at radius 3 is 2.53 bits per heavy atom. The molecular weight excluding hydrogens is 410 g/mol. The van der Waals surface area contributed by atoms with Crippen molar-refractivity contribution in [2.45, 2.75) is 32.0 Å². The van der Waals surface area contributed by atoms with E-state index >= 15 is 0 Å². The van der Waals surface area contributed by atoms with Gasteiger partial charge in [0.05, 0.1) is 48.9 Å². The average molecular weight is 433 g/mol. The van der Waals surface area contributed by atoms with Crippen LogP contribution in [-0.4, -0.2) is 51.1 Å². The maximum absolute atomic E-state index is 12.6. The number of ether oxygens (including phenoxy) is 1. The summed E-state index contributed by atoms with van der Waals surface area (Å²) >= 11 is 0. The van der Waals surface area contributed by atoms with Crippen LogP contribution in [0.1, 0.15) is 31.5 Å². The molecule has 4 heterocycles. The number of hydrogen-bond donors (Lipinski definition) is 1. The van der Waals surface area contributed by atoms with Crippen LogP contribution >= 0.6 is 0 Å². The molecule has 32 heavy (non-hydrogen) atoms. The first-order valence-corrected chi connectivity index (χ1v) is 10.4. The van der Waals surface area contributed by atoms with Gasteiger partial charge in [0.2, 0.25) is 5.91 Å². The molecule has 2 unspecified atom stereocenters. The Morgan fingerprint density at radius 2 is 1.91 bits per heavy atom. The zero-order valence-electron chi connectivity index (χ0n) is 17.8. The van der Waals surface area contributed by atoms with Crippen LogP contribution in [0.5, 0.6) is 0 Å². The van der Waals surface area contributed by atoms with Crippen LogP contribution in [-0.2, 0) is 9.53 Å². The molecule has 1 N–H and O–H groups in total. The topological polar surface area (TPSA) is 101 Å². The van der Waals surface area contributed by atoms with Gasteiger partial charge in [-0.05, 0) is 36.2 Å². The Kier molecular flexibility index (Phi) is 4.90. The van der Waals surface area contributed by atoms with Crippen molar-refractivity contribution in [1.29, 1.82) is 0 Å². The summed E-state index contributed by atoms with van der Waals surface area (Å²) in [6.45, 7) is 4.62. The van der Waals surface area contributed by atoms with Crippen molar-refractivity contribution in [3.63, 3.8) is 0 Å². The molecule has 1 saturated heterocycles. The first-order chi connectivity index (χ1) is 15.5. The van der Waals surface area contributed by atoms with Crippen molar-refractivity contribution < 1.29 is 19.4 Å². The van der Waals surface area contributed by atoms with Gasteiger partial charge in [0, 0.05) is 31.1 Å². The lowest BCUT2D eigenvalue weighted by atomic mass is 9.93. The van der Waals surface area contributed by atoms with E-state index in [-0.39, 0.29) is 11.9 Å². The third-order valence-corrected chi connectivity index (χ3v) is 6.14. The summed E-state index contributed by atoms with van der Waals surface area (Å²) in [6, 6.07) is 8.34. The summed E-state index contributed by atoms with van der Waals surface area (Å²) in [5.41, 5.74) is 3.44. The van der Waals surface area contributed by atoms with Crippen LogP contribution in [0.4, 0.5) is 16.2 Å². The third-order valence-electron chi connectivity index (χ3n) is 6.14. The number of aromatic nitrogens is 3. The molecule has 3 aromatic rings. The highest BCUT2D eigenvalue weighted by Crippen LogP contribution is 2.46. The second-order valence-corrected chi connectivity index (χ2v) is 8.12. The monoisotopic (exact) mass is 433 g/mol. The summed E-state index contributed by atoms with van der Waals surface area (Å²) in [4.78, 5) is 32.3. The summed E-state index contributed by atoms with van der Waals surface area (Å²) in [6.07, 6.45) is 5.90. The van der Waals surface area contributed by atoms with E-state index in [2.05, 4.69) is 10.1 Å². The molecule has 1 fully saturated rings. The maximum Gasteiger partial charge on any atom is 0.412 e. The number of anilines is 2. The number of carbonyl (C=O) groups is 2. The molecule has 0 radical (unpaired) electrons. The molecule has 0 saturated carbocycles. The molecule has 9 nitrogen and oxygen atoms in total. The molecule has 2 aliphatic heterocycles. The standard InChI is InChI=1S/C23H23N5O4/c1-14-22(17-4-3-7-24-9-17)28(23(30)31)21-8-16(5-6-20(21)27(14)15(2)29)18-10-25-26(11-18)19-12-32-13-19/h3-11,14,19,22H,12-13H2,1-2H3,(H,30,31). The molecule has 0 aliphatic carbocycles. The van der Waals surface area contributed by atoms with Crippen molar-refractivity contribution in [1.82, 2.24) is 14.8 Å². The number of carboxylic acid groups (broad SMARTS) is 1. The highest BCUT2D eigenvalue weighted by Gasteiger charge is 2.42. The largest absolute Gasteiger partial charge is 0.465 e. The van der Waals surface area contributed by atoms with Crippen molar-refractivity contribution in [2.75, 3.05) is 23.0 Å². The van der Waals surface area contributed by atoms with Gasteiger partial charge in [0.25, 0.3) is 0 Å². The Hall–Kier alpha value is -3.72. The number of carbonyl (C=O) groups excluding carboxylic acids is 1. The molecule has 5 rings (SSSR count). The number of hydrogen-bond acceptors (Lipinski definition) is 5. The van der Waals surface area contributed by atoms with Crippen molar-refractivity contribution in [3.8, 4) is 11.1 Å². The minimum atomic E-state index is -1.09. The van der Waals surface area contributed by atoms with Crippen LogP contribution in [0.15, 0.2) is 55.1 Å². The SMILES string of the molecule is CC(=O)N1c2ccc(-c3cnn(C4COC4)c3)cc2N(C(=O)O)C(c2cccnc2)C1C. The highest BCUT2D eigenvalue weighted by atomic mass is 16.5. The lowest BCUT2D eigenvalue weighted by molar-refractivity contribution is -0.117. The number of fused-ring (bicyclic) bond motifs is 1. The predicted molar refractivity (Wildman–Crippen MR) is 118 cm³/mol. The van der Waals surface area contributed by atoms with Crippen LogP contribution in [0, 0.1) is 0 Å². The van der Waals surface area contributed by atoms with E-state index in [9.17, 15) is 14.7 Å². The number of pyridine rings is 1. The van der Waals surface area contributed by atoms with Crippen molar-refractivity contribution in [2.24, 2.45) is 0 Å². The summed E-state index contributed by atoms with van der Waals surface area (Å²) in [7, 11) is 0. The van der Waals surface area contributed by atoms with Crippen LogP contribution in [0.25, 0.3) is 11.1 Å². The van der Waals surface area contributed by atoms with Crippen LogP contribution in [0.3, 0.4) is 0 Å². The Balaban J connectivity index is 1.64. The fraction of sp³-hybridized carbons (Fsp3) is 0.304. The van der Waals surface area contributed by atoms with E-state index < -0.39 is 18.2 Å². The van der Waals surface area contributed by atoms with Gasteiger partial charge in [-0.2, -0.15) is 5.10 Å². The summed E-state index contributed by atoms with van der Waals surface area (Å²) in [5.74, 6) is -0.150. The lowest BCUT2D eigenvalue weighted by Gasteiger charge is -2.45. The van der Waals surface area contributed by atoms with Gasteiger partial charge in [-0.3, -0.25) is 19.4 Å². The fourth-order valence-electron chi connectivity index (χ4n) is 4.55. The zero-order chi connectivity index (χ0) is 22.4. The van der Waals surface area contributed by atoms with Gasteiger partial charge < -0.3 is 14.7 Å². The molecule has 1 aromatic carbocycles. The number of amides is 2. The number of benzene rings is 1. The first kappa shape index (κ1) is 20.2. The average Bonchev–Trinajstić information content (AvgIpc) is 3.20. The summed E-state index contributed by atoms with van der Waals surface area (Å²) < 4.78 is 7.11. The third kappa shape index (κ3) is 3.21. The normalized spacial score (nSPS) is 20.6. The van der Waals surface area contributed by atoms with E-state index in [1.165, 1.54) is 11.8 Å². The van der Waals surface area contributed by atoms with E-state index in [1.54, 1.807) is 29.6 Å². The second-order valence-electron chi connectivity index (χ2n) is 8.12. The van der Waals surface area contributed by atoms with Gasteiger partial charge in [-0.1, -0.05) is 12.1 Å². The molecule has 0 bridgehead atoms. The van der Waals surface area contributed by atoms with Crippen LogP contribution in [0.2, 0.25) is 0 Å². The van der Waals surface area contributed by atoms with E-state index in [4.69, 9.17) is 4.74 Å². The molecule has 0 spiro atoms. The van der Waals surface area contributed by atoms with Gasteiger partial charge in [-0.25, -0.2) is 4.79 Å². The number of rotatable bonds is 3.